The van der Waals surface area contributed by atoms with Crippen LogP contribution in [0.2, 0.25) is 0 Å². The summed E-state index contributed by atoms with van der Waals surface area (Å²) in [5, 5.41) is 13.6. The number of hydrogen-bond acceptors (Lipinski definition) is 25. The van der Waals surface area contributed by atoms with Crippen molar-refractivity contribution in [1.29, 1.82) is 0 Å². The minimum atomic E-state index is -4.59. The molecule has 8 bridgehead atoms. The maximum atomic E-state index is 11.2. The van der Waals surface area contributed by atoms with Crippen LogP contribution in [0.4, 0.5) is 23.3 Å². The number of nitrogens with one attached hydrogen (secondary N) is 3. The Hall–Kier alpha value is -5.35. The van der Waals surface area contributed by atoms with Crippen molar-refractivity contribution in [3.63, 3.8) is 0 Å². The van der Waals surface area contributed by atoms with Gasteiger partial charge in [0.15, 0.2) is 0 Å². The summed E-state index contributed by atoms with van der Waals surface area (Å²) in [6.07, 6.45) is 4.33. The number of aromatic nitrogens is 11. The monoisotopic (exact) mass is 1360 g/mol. The largest absolute Gasteiger partial charge is 2.00 e. The number of benzene rings is 4. The van der Waals surface area contributed by atoms with Gasteiger partial charge in [0.05, 0.1) is 40.1 Å². The van der Waals surface area contributed by atoms with Crippen molar-refractivity contribution in [3.8, 4) is 45.7 Å². The molecule has 87 heavy (non-hydrogen) atoms. The second kappa shape index (κ2) is 33.5. The van der Waals surface area contributed by atoms with Crippen molar-refractivity contribution in [1.82, 2.24) is 59.5 Å². The number of rotatable bonds is 9. The Bertz CT molecular complexity index is 4320. The molecule has 2 aliphatic heterocycles. The SMILES string of the molecule is C.CN(C)c1cc(Nc2[c-]ccc(S(=O)(=O)[O-])c2)nc(NCCNS(C)(=O)=O)n1.CS(=O)(=O)[O-].CS(N)(=O)=O.O=S(=O)=O.[Cu+2].[Na+].[Na+].[Na+].c1ccc2c(c1)-c1nc-2nc2[n-]c(nc3nc(nc4[n-]c(n1)c1ccccc41)-c1cccnc1-3)c1ccccc21. The van der Waals surface area contributed by atoms with Crippen molar-refractivity contribution in [2.24, 2.45) is 5.14 Å². The zero-order valence-electron chi connectivity index (χ0n) is 46.5. The van der Waals surface area contributed by atoms with Gasteiger partial charge < -0.3 is 54.5 Å². The van der Waals surface area contributed by atoms with Gasteiger partial charge in [-0.25, -0.2) is 53.5 Å². The fraction of sp³-hybridized carbons (Fsp3) is 0.163. The number of anilines is 4. The molecule has 0 fully saturated rings. The average molecular weight is 1360 g/mol. The van der Waals surface area contributed by atoms with Gasteiger partial charge in [0.1, 0.15) is 33.3 Å². The summed E-state index contributed by atoms with van der Waals surface area (Å²) in [4.78, 5) is 53.5. The van der Waals surface area contributed by atoms with Crippen LogP contribution in [0.25, 0.3) is 89.8 Å². The topological polar surface area (TPSA) is 443 Å². The molecule has 5 aromatic heterocycles. The van der Waals surface area contributed by atoms with Crippen LogP contribution in [-0.2, 0) is 68.0 Å². The Morgan fingerprint density at radius 3 is 1.45 bits per heavy atom. The van der Waals surface area contributed by atoms with Gasteiger partial charge in [-0.1, -0.05) is 90.8 Å². The van der Waals surface area contributed by atoms with E-state index in [1.165, 1.54) is 6.07 Å². The Morgan fingerprint density at radius 1 is 0.598 bits per heavy atom. The van der Waals surface area contributed by atoms with Crippen LogP contribution in [0.5, 0.6) is 0 Å². The van der Waals surface area contributed by atoms with Crippen LogP contribution in [0, 0.1) is 6.07 Å². The van der Waals surface area contributed by atoms with Gasteiger partial charge in [0, 0.05) is 85.0 Å². The molecule has 0 saturated carbocycles. The van der Waals surface area contributed by atoms with Crippen molar-refractivity contribution >= 4 is 118 Å². The Kier molecular flexibility index (Phi) is 29.9. The maximum absolute atomic E-state index is 11.2. The third-order valence-corrected chi connectivity index (χ3v) is 12.0. The predicted molar refractivity (Wildman–Crippen MR) is 307 cm³/mol. The molecule has 38 heteroatoms. The number of nitrogens with two attached hydrogens (primary N) is 1. The molecule has 0 amide bonds. The molecule has 4 aromatic carbocycles. The van der Waals surface area contributed by atoms with Crippen molar-refractivity contribution < 1.29 is 161 Å². The molecule has 1 radical (unpaired) electrons. The molecule has 0 aliphatic carbocycles. The number of sulfonamides is 2. The van der Waals surface area contributed by atoms with Crippen LogP contribution in [0.3, 0.4) is 0 Å². The first-order valence-corrected chi connectivity index (χ1v) is 31.1. The molecule has 9 aromatic rings. The Morgan fingerprint density at radius 2 is 1.01 bits per heavy atom. The zero-order chi connectivity index (χ0) is 59.7. The van der Waals surface area contributed by atoms with E-state index in [0.717, 1.165) is 62.9 Å². The van der Waals surface area contributed by atoms with Crippen LogP contribution in [0.15, 0.2) is 120 Å². The summed E-state index contributed by atoms with van der Waals surface area (Å²) in [6, 6.07) is 35.6. The smallest absolute Gasteiger partial charge is 0.748 e. The first kappa shape index (κ1) is 77.7. The molecular formula is C49H47CuN16Na3O13S5. The molecule has 0 unspecified atom stereocenters. The normalized spacial score (nSPS) is 10.9. The summed E-state index contributed by atoms with van der Waals surface area (Å²) in [5.74, 6) is 3.12. The van der Waals surface area contributed by atoms with Gasteiger partial charge >= 0.3 is 116 Å². The van der Waals surface area contributed by atoms with E-state index in [-0.39, 0.29) is 143 Å². The van der Waals surface area contributed by atoms with Crippen molar-refractivity contribution in [2.45, 2.75) is 12.3 Å². The van der Waals surface area contributed by atoms with Crippen LogP contribution >= 0.6 is 0 Å². The van der Waals surface area contributed by atoms with E-state index in [1.807, 2.05) is 84.9 Å². The molecule has 7 heterocycles. The number of hydrogen-bond donors (Lipinski definition) is 4. The van der Waals surface area contributed by atoms with Crippen molar-refractivity contribution in [3.05, 3.63) is 121 Å². The van der Waals surface area contributed by atoms with E-state index < -0.39 is 50.9 Å². The minimum absolute atomic E-state index is 0. The first-order valence-electron chi connectivity index (χ1n) is 23.1. The molecule has 445 valence electrons. The molecule has 0 saturated heterocycles. The van der Waals surface area contributed by atoms with E-state index in [1.54, 1.807) is 31.3 Å². The summed E-state index contributed by atoms with van der Waals surface area (Å²) >= 11 is 0. The van der Waals surface area contributed by atoms with Crippen LogP contribution < -0.4 is 124 Å². The standard InChI is InChI=1S/C31H15N9.C15H21N6O5S2.CH5NO2S.CH4O3S.CH4.Cu.3Na.O3S/c1-2-9-17-16(8-1)24-33-25(17)35-27-20-12-5-6-13-21(20)29(37-27)39-31-23-22(14-7-15-32-23)30(40-31)38-28-19-11-4-3-10-18(19)26(34-24)36-28;1-21(2)14-10-13(18-11-5-4-6-12(9-11)28(24,25)26)19-15(20-14)16-7-8-17-27(3,22)23;2*1-5(2,3)4;;;;;;1-4(2)3/h1-15H;4,6,9-10,17H,7-8H2,1-3H3,(H,24,25,26)(H2,16,18,19,20);1H3,(H2,2,3,4);1H3,(H,2,3,4);1H4;;;;;/q-2;-1;;;;+2;3*+1;/p-2. The second-order valence-electron chi connectivity index (χ2n) is 17.2. The fourth-order valence-corrected chi connectivity index (χ4v) is 8.33. The second-order valence-corrected chi connectivity index (χ2v) is 23.9. The van der Waals surface area contributed by atoms with Crippen LogP contribution in [-0.4, -0.2) is 146 Å². The van der Waals surface area contributed by atoms with Gasteiger partial charge in [-0.15, -0.1) is 18.7 Å². The molecule has 0 atom stereocenters. The Balaban J connectivity index is 0.000000483. The number of nitrogens with zero attached hydrogens (tertiary/aromatic N) is 12. The maximum Gasteiger partial charge on any atom is 2.00 e. The quantitative estimate of drug-likeness (QED) is 0.0453. The molecule has 11 rings (SSSR count). The summed E-state index contributed by atoms with van der Waals surface area (Å²) < 4.78 is 129. The summed E-state index contributed by atoms with van der Waals surface area (Å²) in [7, 11) is -14.5. The first-order chi connectivity index (χ1) is 38.5. The molecule has 0 spiro atoms. The third-order valence-electron chi connectivity index (χ3n) is 10.4. The number of primary sulfonamides is 1. The molecule has 5 N–H and O–H groups in total. The molecule has 2 aliphatic rings. The van der Waals surface area contributed by atoms with Gasteiger partial charge in [0.25, 0.3) is 0 Å². The van der Waals surface area contributed by atoms with Gasteiger partial charge in [-0.2, -0.15) is 28.2 Å². The average Bonchev–Trinajstić information content (AvgIpc) is 1.69. The van der Waals surface area contributed by atoms with E-state index in [2.05, 4.69) is 41.5 Å². The van der Waals surface area contributed by atoms with Gasteiger partial charge in [0.2, 0.25) is 26.0 Å². The zero-order valence-corrected chi connectivity index (χ0v) is 57.5. The molecular weight excluding hydrogens is 1310 g/mol. The molecule has 29 nitrogen and oxygen atoms in total. The van der Waals surface area contributed by atoms with Crippen molar-refractivity contribution in [2.75, 3.05) is 61.5 Å². The number of pyridine rings is 1. The Labute approximate surface area is 578 Å². The van der Waals surface area contributed by atoms with E-state index in [4.69, 9.17) is 65.5 Å². The van der Waals surface area contributed by atoms with Gasteiger partial charge in [-0.3, -0.25) is 4.98 Å². The third kappa shape index (κ3) is 23.2. The van der Waals surface area contributed by atoms with Gasteiger partial charge in [-0.05, 0) is 33.7 Å². The van der Waals surface area contributed by atoms with E-state index >= 15 is 0 Å². The van der Waals surface area contributed by atoms with Crippen LogP contribution in [0.1, 0.15) is 7.43 Å². The van der Waals surface area contributed by atoms with E-state index in [9.17, 15) is 29.8 Å². The summed E-state index contributed by atoms with van der Waals surface area (Å²) in [6.45, 7) is 0.397. The summed E-state index contributed by atoms with van der Waals surface area (Å²) in [5.41, 5.74) is 5.54. The predicted octanol–water partition coefficient (Wildman–Crippen LogP) is -5.82. The van der Waals surface area contributed by atoms with E-state index in [0.29, 0.717) is 69.5 Å². The minimum Gasteiger partial charge on any atom is -0.748 e. The number of fused-ring (bicyclic) bond motifs is 20. The fourth-order valence-electron chi connectivity index (χ4n) is 7.36.